The van der Waals surface area contributed by atoms with Gasteiger partial charge in [0.25, 0.3) is 0 Å². The molecule has 14 heteroatoms. The van der Waals surface area contributed by atoms with Crippen molar-refractivity contribution in [2.24, 2.45) is 5.41 Å². The summed E-state index contributed by atoms with van der Waals surface area (Å²) >= 11 is 7.13. The number of benzene rings is 2. The Bertz CT molecular complexity index is 1790. The van der Waals surface area contributed by atoms with Gasteiger partial charge >= 0.3 is 11.9 Å². The Morgan fingerprint density at radius 1 is 1.13 bits per heavy atom. The molecule has 2 saturated heterocycles. The number of carbonyl (C=O) groups is 1. The van der Waals surface area contributed by atoms with Gasteiger partial charge in [0, 0.05) is 83.5 Å². The molecule has 2 aromatic carbocycles. The molecule has 1 amide bonds. The van der Waals surface area contributed by atoms with Gasteiger partial charge in [-0.25, -0.2) is 13.6 Å². The largest absolute Gasteiger partial charge is 0.417 e. The van der Waals surface area contributed by atoms with Gasteiger partial charge in [-0.2, -0.15) is 18.2 Å². The summed E-state index contributed by atoms with van der Waals surface area (Å²) in [7, 11) is 0. The van der Waals surface area contributed by atoms with Crippen molar-refractivity contribution in [2.75, 3.05) is 43.4 Å². The lowest BCUT2D eigenvalue weighted by Gasteiger charge is -2.49. The van der Waals surface area contributed by atoms with E-state index in [1.807, 2.05) is 6.92 Å². The third kappa shape index (κ3) is 5.30. The predicted molar refractivity (Wildman–Crippen MR) is 165 cm³/mol. The first-order valence-electron chi connectivity index (χ1n) is 14.6. The van der Waals surface area contributed by atoms with Crippen LogP contribution in [-0.2, 0) is 17.5 Å². The number of rotatable bonds is 4. The summed E-state index contributed by atoms with van der Waals surface area (Å²) in [5.74, 6) is -2.14. The van der Waals surface area contributed by atoms with Gasteiger partial charge in [0.05, 0.1) is 16.1 Å². The predicted octanol–water partition coefficient (Wildman–Crippen LogP) is 6.05. The molecular formula is C31H31ClF5N5O2S. The van der Waals surface area contributed by atoms with Gasteiger partial charge in [-0.1, -0.05) is 25.1 Å². The molecule has 0 unspecified atom stereocenters. The Morgan fingerprint density at radius 2 is 1.84 bits per heavy atom. The number of anilines is 1. The minimum atomic E-state index is -4.96. The number of thioether (sulfide) groups is 1. The standard InChI is InChI=1S/C31H31ClF5N5O2S/c1-5-24(43)40-10-17(4)41(11-16(40)3)28-19-7-20(31(35,36)37)25(18-8-21(32)23(34)9-22(18)33)27-26(19)42(29(44)38-28)14-30(15-45-27)12-39(6-2)13-30/h5,7-9,16-17H,1,6,10-15H2,2-4H3/t16-,17+/m1/s1. The second kappa shape index (κ2) is 11.3. The van der Waals surface area contributed by atoms with Gasteiger partial charge in [-0.15, -0.1) is 11.8 Å². The molecule has 7 nitrogen and oxygen atoms in total. The van der Waals surface area contributed by atoms with Crippen molar-refractivity contribution in [2.45, 2.75) is 50.5 Å². The van der Waals surface area contributed by atoms with Crippen LogP contribution >= 0.6 is 23.4 Å². The number of likely N-dealkylation sites (tertiary alicyclic amines) is 1. The highest BCUT2D eigenvalue weighted by atomic mass is 35.5. The van der Waals surface area contributed by atoms with Crippen LogP contribution in [0.1, 0.15) is 26.3 Å². The number of nitrogens with zero attached hydrogens (tertiary/aromatic N) is 5. The molecular weight excluding hydrogens is 637 g/mol. The van der Waals surface area contributed by atoms with Crippen molar-refractivity contribution in [1.82, 2.24) is 19.4 Å². The fraction of sp³-hybridized carbons (Fsp3) is 0.452. The zero-order valence-corrected chi connectivity index (χ0v) is 26.4. The number of aromatic nitrogens is 2. The molecule has 4 heterocycles. The summed E-state index contributed by atoms with van der Waals surface area (Å²) < 4.78 is 76.0. The van der Waals surface area contributed by atoms with Crippen LogP contribution in [0.5, 0.6) is 0 Å². The molecule has 3 aromatic rings. The Morgan fingerprint density at radius 3 is 2.49 bits per heavy atom. The highest BCUT2D eigenvalue weighted by molar-refractivity contribution is 7.99. The van der Waals surface area contributed by atoms with E-state index >= 15 is 17.6 Å². The van der Waals surface area contributed by atoms with Gasteiger partial charge in [-0.05, 0) is 38.6 Å². The number of hydrogen-bond acceptors (Lipinski definition) is 6. The first-order chi connectivity index (χ1) is 21.2. The SMILES string of the molecule is C=CC(=O)N1C[C@H](C)N(c2nc(=O)n3c4c(c(-c5cc(Cl)c(F)cc5F)c(C(F)(F)F)cc24)SCC2(CN(CC)C2)C3)C[C@H]1C. The normalized spacial score (nSPS) is 21.6. The lowest BCUT2D eigenvalue weighted by Crippen LogP contribution is -2.60. The van der Waals surface area contributed by atoms with E-state index in [0.717, 1.165) is 30.4 Å². The molecule has 0 N–H and O–H groups in total. The van der Waals surface area contributed by atoms with Crippen LogP contribution in [0.4, 0.5) is 27.8 Å². The number of amides is 1. The molecule has 6 rings (SSSR count). The number of alkyl halides is 3. The van der Waals surface area contributed by atoms with Gasteiger partial charge in [0.1, 0.15) is 17.5 Å². The maximum absolute atomic E-state index is 15.4. The smallest absolute Gasteiger partial charge is 0.349 e. The van der Waals surface area contributed by atoms with E-state index in [0.29, 0.717) is 24.9 Å². The summed E-state index contributed by atoms with van der Waals surface area (Å²) in [6.45, 7) is 11.9. The molecule has 0 bridgehead atoms. The highest BCUT2D eigenvalue weighted by Gasteiger charge is 2.47. The van der Waals surface area contributed by atoms with Crippen LogP contribution in [0, 0.1) is 17.0 Å². The summed E-state index contributed by atoms with van der Waals surface area (Å²) in [6.07, 6.45) is -3.75. The number of carbonyl (C=O) groups excluding carboxylic acids is 1. The Hall–Kier alpha value is -3.16. The second-order valence-electron chi connectivity index (χ2n) is 12.2. The zero-order valence-electron chi connectivity index (χ0n) is 24.8. The van der Waals surface area contributed by atoms with Gasteiger partial charge < -0.3 is 14.7 Å². The van der Waals surface area contributed by atoms with Crippen LogP contribution in [0.15, 0.2) is 40.5 Å². The van der Waals surface area contributed by atoms with Crippen LogP contribution in [0.3, 0.4) is 0 Å². The maximum Gasteiger partial charge on any atom is 0.417 e. The van der Waals surface area contributed by atoms with E-state index in [2.05, 4.69) is 16.5 Å². The Balaban J connectivity index is 1.66. The van der Waals surface area contributed by atoms with Crippen molar-refractivity contribution in [1.29, 1.82) is 0 Å². The van der Waals surface area contributed by atoms with E-state index in [1.54, 1.807) is 23.6 Å². The van der Waals surface area contributed by atoms with Crippen LogP contribution in [0.2, 0.25) is 5.02 Å². The second-order valence-corrected chi connectivity index (χ2v) is 13.6. The average molecular weight is 668 g/mol. The summed E-state index contributed by atoms with van der Waals surface area (Å²) in [5.41, 5.74) is -2.98. The van der Waals surface area contributed by atoms with E-state index in [-0.39, 0.29) is 53.2 Å². The fourth-order valence-corrected chi connectivity index (χ4v) is 8.48. The molecule has 3 aliphatic rings. The van der Waals surface area contributed by atoms with Crippen LogP contribution in [-0.4, -0.2) is 75.8 Å². The maximum atomic E-state index is 15.4. The van der Waals surface area contributed by atoms with Crippen molar-refractivity contribution < 1.29 is 26.7 Å². The van der Waals surface area contributed by atoms with Crippen LogP contribution in [0.25, 0.3) is 22.0 Å². The van der Waals surface area contributed by atoms with E-state index in [1.165, 1.54) is 10.6 Å². The summed E-state index contributed by atoms with van der Waals surface area (Å²) in [4.78, 5) is 36.4. The third-order valence-electron chi connectivity index (χ3n) is 9.08. The van der Waals surface area contributed by atoms with Crippen LogP contribution < -0.4 is 10.6 Å². The summed E-state index contributed by atoms with van der Waals surface area (Å²) in [5, 5.41) is -0.435. The molecule has 0 saturated carbocycles. The Labute approximate surface area is 265 Å². The zero-order chi connectivity index (χ0) is 32.6. The molecule has 1 spiro atoms. The first-order valence-corrected chi connectivity index (χ1v) is 15.9. The van der Waals surface area contributed by atoms with Crippen molar-refractivity contribution in [3.05, 3.63) is 63.6 Å². The molecule has 1 aromatic heterocycles. The monoisotopic (exact) mass is 667 g/mol. The van der Waals surface area contributed by atoms with Crippen molar-refractivity contribution in [3.8, 4) is 11.1 Å². The van der Waals surface area contributed by atoms with E-state index in [4.69, 9.17) is 11.6 Å². The molecule has 2 atom stereocenters. The molecule has 3 aliphatic heterocycles. The minimum Gasteiger partial charge on any atom is -0.349 e. The average Bonchev–Trinajstić information content (AvgIpc) is 3.15. The van der Waals surface area contributed by atoms with E-state index in [9.17, 15) is 14.0 Å². The van der Waals surface area contributed by atoms with Gasteiger partial charge in [0.15, 0.2) is 0 Å². The lowest BCUT2D eigenvalue weighted by molar-refractivity contribution is -0.137. The Kier molecular flexibility index (Phi) is 7.97. The highest BCUT2D eigenvalue weighted by Crippen LogP contribution is 2.52. The molecule has 0 aliphatic carbocycles. The number of halogens is 6. The number of hydrogen-bond donors (Lipinski definition) is 0. The molecule has 0 radical (unpaired) electrons. The van der Waals surface area contributed by atoms with Gasteiger partial charge in [0.2, 0.25) is 5.91 Å². The van der Waals surface area contributed by atoms with Gasteiger partial charge in [-0.3, -0.25) is 9.36 Å². The molecule has 2 fully saturated rings. The molecule has 45 heavy (non-hydrogen) atoms. The first kappa shape index (κ1) is 31.8. The lowest BCUT2D eigenvalue weighted by atomic mass is 9.81. The minimum absolute atomic E-state index is 0.0626. The quantitative estimate of drug-likeness (QED) is 0.192. The number of piperazine rings is 1. The van der Waals surface area contributed by atoms with Crippen molar-refractivity contribution in [3.63, 3.8) is 0 Å². The molecule has 240 valence electrons. The third-order valence-corrected chi connectivity index (χ3v) is 10.8. The van der Waals surface area contributed by atoms with E-state index < -0.39 is 56.7 Å². The topological polar surface area (TPSA) is 61.7 Å². The fourth-order valence-electron chi connectivity index (χ4n) is 6.87. The van der Waals surface area contributed by atoms with Crippen molar-refractivity contribution >= 4 is 46.0 Å². The summed E-state index contributed by atoms with van der Waals surface area (Å²) in [6, 6.07) is 1.49.